The summed E-state index contributed by atoms with van der Waals surface area (Å²) in [6.45, 7) is 7.42. The number of carbonyl (C=O) groups excluding carboxylic acids is 1. The average molecular weight is 234 g/mol. The van der Waals surface area contributed by atoms with Crippen molar-refractivity contribution in [3.05, 3.63) is 0 Å². The molecule has 0 aliphatic rings. The Bertz CT molecular complexity index is 296. The van der Waals surface area contributed by atoms with Gasteiger partial charge in [0.1, 0.15) is 15.6 Å². The van der Waals surface area contributed by atoms with Crippen molar-refractivity contribution in [2.45, 2.75) is 47.0 Å². The second-order valence-corrected chi connectivity index (χ2v) is 7.23. The first-order valence-corrected chi connectivity index (χ1v) is 7.25. The lowest BCUT2D eigenvalue weighted by Gasteiger charge is -2.16. The molecule has 0 aliphatic carbocycles. The minimum atomic E-state index is -2.93. The molecule has 0 aromatic carbocycles. The zero-order valence-electron chi connectivity index (χ0n) is 10.2. The lowest BCUT2D eigenvalue weighted by atomic mass is 9.88. The van der Waals surface area contributed by atoms with Crippen LogP contribution in [0.15, 0.2) is 0 Å². The van der Waals surface area contributed by atoms with Gasteiger partial charge in [0.2, 0.25) is 0 Å². The van der Waals surface area contributed by atoms with Crippen LogP contribution in [0.3, 0.4) is 0 Å². The molecular formula is C11H22O3S. The zero-order valence-corrected chi connectivity index (χ0v) is 11.0. The Balaban J connectivity index is 3.96. The highest BCUT2D eigenvalue weighted by atomic mass is 32.2. The van der Waals surface area contributed by atoms with E-state index >= 15 is 0 Å². The molecule has 0 unspecified atom stereocenters. The van der Waals surface area contributed by atoms with Crippen LogP contribution in [-0.2, 0) is 14.6 Å². The summed E-state index contributed by atoms with van der Waals surface area (Å²) in [5, 5.41) is 0. The molecule has 0 aromatic heterocycles. The van der Waals surface area contributed by atoms with Crippen LogP contribution in [0, 0.1) is 5.41 Å². The van der Waals surface area contributed by atoms with E-state index in [0.717, 1.165) is 0 Å². The van der Waals surface area contributed by atoms with Crippen LogP contribution in [-0.4, -0.2) is 25.7 Å². The third kappa shape index (κ3) is 6.66. The molecular weight excluding hydrogens is 212 g/mol. The predicted molar refractivity (Wildman–Crippen MR) is 62.6 cm³/mol. The summed E-state index contributed by atoms with van der Waals surface area (Å²) in [6, 6.07) is 0. The molecule has 0 heterocycles. The highest BCUT2D eigenvalue weighted by Gasteiger charge is 2.21. The summed E-state index contributed by atoms with van der Waals surface area (Å²) in [5.41, 5.74) is -0.353. The van der Waals surface area contributed by atoms with Gasteiger partial charge in [0.15, 0.2) is 0 Å². The summed E-state index contributed by atoms with van der Waals surface area (Å²) in [5.74, 6) is 0.508. The maximum Gasteiger partial charge on any atom is 0.150 e. The van der Waals surface area contributed by atoms with Crippen molar-refractivity contribution in [3.63, 3.8) is 0 Å². The van der Waals surface area contributed by atoms with Crippen molar-refractivity contribution in [2.24, 2.45) is 5.41 Å². The molecule has 90 valence electrons. The van der Waals surface area contributed by atoms with Crippen molar-refractivity contribution in [2.75, 3.05) is 11.5 Å². The third-order valence-corrected chi connectivity index (χ3v) is 4.15. The Kier molecular flexibility index (Phi) is 5.49. The van der Waals surface area contributed by atoms with E-state index < -0.39 is 9.84 Å². The molecule has 0 aliphatic heterocycles. The molecule has 0 rings (SSSR count). The number of hydrogen-bond donors (Lipinski definition) is 0. The molecule has 0 radical (unpaired) electrons. The van der Waals surface area contributed by atoms with Crippen LogP contribution in [0.1, 0.15) is 47.0 Å². The Labute approximate surface area is 93.2 Å². The number of ketones is 1. The molecule has 0 aromatic rings. The second kappa shape index (κ2) is 5.64. The van der Waals surface area contributed by atoms with E-state index in [-0.39, 0.29) is 22.7 Å². The normalized spacial score (nSPS) is 12.8. The second-order valence-electron chi connectivity index (χ2n) is 4.93. The number of carbonyl (C=O) groups is 1. The molecule has 0 amide bonds. The Hall–Kier alpha value is -0.380. The first-order chi connectivity index (χ1) is 6.69. The summed E-state index contributed by atoms with van der Waals surface area (Å²) in [7, 11) is -2.93. The zero-order chi connectivity index (χ0) is 12.1. The van der Waals surface area contributed by atoms with Gasteiger partial charge in [-0.25, -0.2) is 8.42 Å². The van der Waals surface area contributed by atoms with Gasteiger partial charge in [-0.3, -0.25) is 4.79 Å². The van der Waals surface area contributed by atoms with Crippen molar-refractivity contribution in [1.29, 1.82) is 0 Å². The van der Waals surface area contributed by atoms with Gasteiger partial charge >= 0.3 is 0 Å². The van der Waals surface area contributed by atoms with Crippen LogP contribution in [0.4, 0.5) is 0 Å². The van der Waals surface area contributed by atoms with Crippen molar-refractivity contribution in [3.8, 4) is 0 Å². The van der Waals surface area contributed by atoms with Crippen LogP contribution in [0.5, 0.6) is 0 Å². The fourth-order valence-corrected chi connectivity index (χ4v) is 2.65. The van der Waals surface area contributed by atoms with E-state index in [1.807, 2.05) is 27.7 Å². The summed E-state index contributed by atoms with van der Waals surface area (Å²) < 4.78 is 22.7. The molecule has 0 bridgehead atoms. The van der Waals surface area contributed by atoms with E-state index in [0.29, 0.717) is 19.3 Å². The van der Waals surface area contributed by atoms with Crippen LogP contribution < -0.4 is 0 Å². The highest BCUT2D eigenvalue weighted by Crippen LogP contribution is 2.17. The molecule has 3 nitrogen and oxygen atoms in total. The van der Waals surface area contributed by atoms with Gasteiger partial charge in [-0.05, 0) is 12.8 Å². The molecule has 0 fully saturated rings. The lowest BCUT2D eigenvalue weighted by Crippen LogP contribution is -2.21. The maximum atomic E-state index is 11.5. The molecule has 4 heteroatoms. The fraction of sp³-hybridized carbons (Fsp3) is 0.909. The summed E-state index contributed by atoms with van der Waals surface area (Å²) in [4.78, 5) is 11.5. The lowest BCUT2D eigenvalue weighted by molar-refractivity contribution is -0.126. The average Bonchev–Trinajstić information content (AvgIpc) is 2.01. The van der Waals surface area contributed by atoms with Crippen molar-refractivity contribution in [1.82, 2.24) is 0 Å². The van der Waals surface area contributed by atoms with Crippen LogP contribution >= 0.6 is 0 Å². The highest BCUT2D eigenvalue weighted by molar-refractivity contribution is 7.91. The molecule has 0 N–H and O–H groups in total. The maximum absolute atomic E-state index is 11.5. The van der Waals surface area contributed by atoms with Gasteiger partial charge in [0, 0.05) is 17.6 Å². The minimum Gasteiger partial charge on any atom is -0.299 e. The first kappa shape index (κ1) is 14.6. The van der Waals surface area contributed by atoms with Gasteiger partial charge in [0.25, 0.3) is 0 Å². The fourth-order valence-electron chi connectivity index (χ4n) is 1.24. The molecule has 0 saturated carbocycles. The van der Waals surface area contributed by atoms with Gasteiger partial charge < -0.3 is 0 Å². The number of rotatable bonds is 6. The van der Waals surface area contributed by atoms with Crippen LogP contribution in [0.2, 0.25) is 0 Å². The SMILES string of the molecule is CCCS(=O)(=O)CCCC(=O)C(C)(C)C. The molecule has 0 atom stereocenters. The minimum absolute atomic E-state index is 0.134. The number of Topliss-reactive ketones (excluding diaryl/α,β-unsaturated/α-hetero) is 1. The first-order valence-electron chi connectivity index (χ1n) is 5.43. The largest absolute Gasteiger partial charge is 0.299 e. The van der Waals surface area contributed by atoms with Crippen LogP contribution in [0.25, 0.3) is 0 Å². The number of sulfone groups is 1. The third-order valence-electron chi connectivity index (χ3n) is 2.21. The van der Waals surface area contributed by atoms with Gasteiger partial charge in [-0.15, -0.1) is 0 Å². The molecule has 15 heavy (non-hydrogen) atoms. The number of hydrogen-bond acceptors (Lipinski definition) is 3. The Morgan fingerprint density at radius 2 is 1.67 bits per heavy atom. The Morgan fingerprint density at radius 1 is 1.13 bits per heavy atom. The predicted octanol–water partition coefficient (Wildman–Crippen LogP) is 2.21. The Morgan fingerprint density at radius 3 is 2.07 bits per heavy atom. The van der Waals surface area contributed by atoms with E-state index in [9.17, 15) is 13.2 Å². The van der Waals surface area contributed by atoms with Gasteiger partial charge in [-0.2, -0.15) is 0 Å². The van der Waals surface area contributed by atoms with Crippen molar-refractivity contribution < 1.29 is 13.2 Å². The topological polar surface area (TPSA) is 51.2 Å². The molecule has 0 saturated heterocycles. The standard InChI is InChI=1S/C11H22O3S/c1-5-8-15(13,14)9-6-7-10(12)11(2,3)4/h5-9H2,1-4H3. The summed E-state index contributed by atoms with van der Waals surface area (Å²) in [6.07, 6.45) is 1.47. The monoisotopic (exact) mass is 234 g/mol. The van der Waals surface area contributed by atoms with E-state index in [2.05, 4.69) is 0 Å². The van der Waals surface area contributed by atoms with E-state index in [4.69, 9.17) is 0 Å². The summed E-state index contributed by atoms with van der Waals surface area (Å²) >= 11 is 0. The van der Waals surface area contributed by atoms with E-state index in [1.54, 1.807) is 0 Å². The quantitative estimate of drug-likeness (QED) is 0.708. The molecule has 0 spiro atoms. The van der Waals surface area contributed by atoms with Crippen molar-refractivity contribution >= 4 is 15.6 Å². The van der Waals surface area contributed by atoms with Gasteiger partial charge in [0.05, 0.1) is 5.75 Å². The van der Waals surface area contributed by atoms with E-state index in [1.165, 1.54) is 0 Å². The van der Waals surface area contributed by atoms with Gasteiger partial charge in [-0.1, -0.05) is 27.7 Å². The smallest absolute Gasteiger partial charge is 0.150 e.